The lowest BCUT2D eigenvalue weighted by Crippen LogP contribution is -2.46. The van der Waals surface area contributed by atoms with E-state index in [0.29, 0.717) is 13.1 Å². The molecule has 0 heterocycles. The summed E-state index contributed by atoms with van der Waals surface area (Å²) < 4.78 is 5.09. The third-order valence-electron chi connectivity index (χ3n) is 4.14. The average Bonchev–Trinajstić information content (AvgIpc) is 2.83. The van der Waals surface area contributed by atoms with E-state index in [1.165, 1.54) is 0 Å². The minimum Gasteiger partial charge on any atom is -0.385 e. The Balaban J connectivity index is 2.44. The number of carbonyl (C=O) groups excluding carboxylic acids is 1. The molecule has 0 aromatic carbocycles. The Bertz CT molecular complexity index is 271. The number of nitrogens with one attached hydrogen (secondary N) is 1. The van der Waals surface area contributed by atoms with Crippen LogP contribution in [0.5, 0.6) is 0 Å². The number of amides is 1. The second-order valence-electron chi connectivity index (χ2n) is 6.28. The fourth-order valence-corrected chi connectivity index (χ4v) is 2.55. The molecule has 1 saturated carbocycles. The van der Waals surface area contributed by atoms with Gasteiger partial charge >= 0.3 is 0 Å². The van der Waals surface area contributed by atoms with Gasteiger partial charge in [0.15, 0.2) is 0 Å². The Labute approximate surface area is 111 Å². The van der Waals surface area contributed by atoms with Crippen LogP contribution >= 0.6 is 0 Å². The van der Waals surface area contributed by atoms with Gasteiger partial charge in [0, 0.05) is 26.8 Å². The van der Waals surface area contributed by atoms with E-state index in [4.69, 9.17) is 10.5 Å². The Kier molecular flexibility index (Phi) is 5.60. The van der Waals surface area contributed by atoms with Gasteiger partial charge in [-0.3, -0.25) is 4.79 Å². The van der Waals surface area contributed by atoms with Gasteiger partial charge in [-0.25, -0.2) is 0 Å². The number of methoxy groups -OCH3 is 1. The standard InChI is InChI=1S/C14H28N2O2/c1-13(2,8-9-18-3)11-16-12(17)14(10-15)6-4-5-7-14/h4-11,15H2,1-3H3,(H,16,17). The molecule has 4 nitrogen and oxygen atoms in total. The summed E-state index contributed by atoms with van der Waals surface area (Å²) in [6.45, 7) is 6.19. The zero-order valence-corrected chi connectivity index (χ0v) is 12.1. The molecule has 1 aliphatic rings. The molecule has 1 aliphatic carbocycles. The normalized spacial score (nSPS) is 18.9. The van der Waals surface area contributed by atoms with Gasteiger partial charge < -0.3 is 15.8 Å². The van der Waals surface area contributed by atoms with E-state index in [-0.39, 0.29) is 16.7 Å². The number of rotatable bonds is 7. The van der Waals surface area contributed by atoms with Crippen molar-refractivity contribution in [3.8, 4) is 0 Å². The van der Waals surface area contributed by atoms with Crippen LogP contribution in [0.25, 0.3) is 0 Å². The van der Waals surface area contributed by atoms with Gasteiger partial charge in [0.1, 0.15) is 0 Å². The molecule has 0 radical (unpaired) electrons. The SMILES string of the molecule is COCCC(C)(C)CNC(=O)C1(CN)CCCC1. The topological polar surface area (TPSA) is 64.3 Å². The summed E-state index contributed by atoms with van der Waals surface area (Å²) in [5.74, 6) is 0.146. The first-order valence-corrected chi connectivity index (χ1v) is 6.93. The molecule has 0 unspecified atom stereocenters. The molecule has 1 rings (SSSR count). The first kappa shape index (κ1) is 15.4. The molecule has 4 heteroatoms. The Morgan fingerprint density at radius 2 is 2.00 bits per heavy atom. The predicted molar refractivity (Wildman–Crippen MR) is 73.2 cm³/mol. The lowest BCUT2D eigenvalue weighted by Gasteiger charge is -2.30. The maximum atomic E-state index is 12.3. The lowest BCUT2D eigenvalue weighted by molar-refractivity contribution is -0.130. The molecule has 0 atom stereocenters. The lowest BCUT2D eigenvalue weighted by atomic mass is 9.84. The number of nitrogens with two attached hydrogens (primary N) is 1. The number of hydrogen-bond acceptors (Lipinski definition) is 3. The van der Waals surface area contributed by atoms with Crippen molar-refractivity contribution in [3.05, 3.63) is 0 Å². The predicted octanol–water partition coefficient (Wildman–Crippen LogP) is 1.68. The highest BCUT2D eigenvalue weighted by Crippen LogP contribution is 2.37. The Morgan fingerprint density at radius 1 is 1.39 bits per heavy atom. The van der Waals surface area contributed by atoms with Crippen LogP contribution in [0.15, 0.2) is 0 Å². The van der Waals surface area contributed by atoms with Gasteiger partial charge in [0.25, 0.3) is 0 Å². The maximum Gasteiger partial charge on any atom is 0.227 e. The second kappa shape index (κ2) is 6.53. The molecule has 3 N–H and O–H groups in total. The van der Waals surface area contributed by atoms with E-state index in [2.05, 4.69) is 19.2 Å². The average molecular weight is 256 g/mol. The fourth-order valence-electron chi connectivity index (χ4n) is 2.55. The molecule has 0 aliphatic heterocycles. The van der Waals surface area contributed by atoms with E-state index in [0.717, 1.165) is 38.7 Å². The first-order chi connectivity index (χ1) is 8.46. The van der Waals surface area contributed by atoms with Crippen molar-refractivity contribution in [1.82, 2.24) is 5.32 Å². The third-order valence-corrected chi connectivity index (χ3v) is 4.14. The van der Waals surface area contributed by atoms with Crippen LogP contribution in [-0.2, 0) is 9.53 Å². The van der Waals surface area contributed by atoms with Crippen LogP contribution in [-0.4, -0.2) is 32.7 Å². The van der Waals surface area contributed by atoms with Crippen molar-refractivity contribution in [1.29, 1.82) is 0 Å². The van der Waals surface area contributed by atoms with E-state index in [1.54, 1.807) is 7.11 Å². The van der Waals surface area contributed by atoms with E-state index < -0.39 is 0 Å². The maximum absolute atomic E-state index is 12.3. The van der Waals surface area contributed by atoms with Crippen LogP contribution < -0.4 is 11.1 Å². The molecule has 0 aromatic heterocycles. The molecule has 106 valence electrons. The second-order valence-corrected chi connectivity index (χ2v) is 6.28. The van der Waals surface area contributed by atoms with Crippen LogP contribution in [0.4, 0.5) is 0 Å². The molecule has 1 amide bonds. The first-order valence-electron chi connectivity index (χ1n) is 6.93. The van der Waals surface area contributed by atoms with Crippen LogP contribution in [0.2, 0.25) is 0 Å². The van der Waals surface area contributed by atoms with E-state index in [9.17, 15) is 4.79 Å². The van der Waals surface area contributed by atoms with Gasteiger partial charge in [-0.2, -0.15) is 0 Å². The summed E-state index contributed by atoms with van der Waals surface area (Å²) in [5.41, 5.74) is 5.58. The minimum atomic E-state index is -0.294. The van der Waals surface area contributed by atoms with Crippen LogP contribution in [0.1, 0.15) is 46.0 Å². The monoisotopic (exact) mass is 256 g/mol. The van der Waals surface area contributed by atoms with E-state index in [1.807, 2.05) is 0 Å². The Hall–Kier alpha value is -0.610. The van der Waals surface area contributed by atoms with Crippen molar-refractivity contribution < 1.29 is 9.53 Å². The molecular weight excluding hydrogens is 228 g/mol. The van der Waals surface area contributed by atoms with Crippen LogP contribution in [0.3, 0.4) is 0 Å². The summed E-state index contributed by atoms with van der Waals surface area (Å²) >= 11 is 0. The third kappa shape index (κ3) is 3.95. The van der Waals surface area contributed by atoms with Gasteiger partial charge in [-0.15, -0.1) is 0 Å². The Morgan fingerprint density at radius 3 is 2.50 bits per heavy atom. The van der Waals surface area contributed by atoms with Crippen molar-refractivity contribution >= 4 is 5.91 Å². The van der Waals surface area contributed by atoms with Crippen molar-refractivity contribution in [2.24, 2.45) is 16.6 Å². The van der Waals surface area contributed by atoms with Crippen molar-refractivity contribution in [3.63, 3.8) is 0 Å². The summed E-state index contributed by atoms with van der Waals surface area (Å²) in [4.78, 5) is 12.3. The molecule has 0 aromatic rings. The highest BCUT2D eigenvalue weighted by Gasteiger charge is 2.40. The smallest absolute Gasteiger partial charge is 0.227 e. The fraction of sp³-hybridized carbons (Fsp3) is 0.929. The van der Waals surface area contributed by atoms with E-state index >= 15 is 0 Å². The highest BCUT2D eigenvalue weighted by atomic mass is 16.5. The summed E-state index contributed by atoms with van der Waals surface area (Å²) in [6, 6.07) is 0. The number of carbonyl (C=O) groups is 1. The van der Waals surface area contributed by atoms with Crippen LogP contribution in [0, 0.1) is 10.8 Å². The summed E-state index contributed by atoms with van der Waals surface area (Å²) in [6.07, 6.45) is 5.07. The molecule has 0 bridgehead atoms. The molecular formula is C14H28N2O2. The zero-order valence-electron chi connectivity index (χ0n) is 12.1. The van der Waals surface area contributed by atoms with Crippen molar-refractivity contribution in [2.75, 3.05) is 26.8 Å². The van der Waals surface area contributed by atoms with Crippen molar-refractivity contribution in [2.45, 2.75) is 46.0 Å². The summed E-state index contributed by atoms with van der Waals surface area (Å²) in [7, 11) is 1.70. The number of ether oxygens (including phenoxy) is 1. The van der Waals surface area contributed by atoms with Gasteiger partial charge in [0.05, 0.1) is 5.41 Å². The minimum absolute atomic E-state index is 0.0695. The molecule has 0 spiro atoms. The quantitative estimate of drug-likeness (QED) is 0.728. The largest absolute Gasteiger partial charge is 0.385 e. The summed E-state index contributed by atoms with van der Waals surface area (Å²) in [5, 5.41) is 3.09. The van der Waals surface area contributed by atoms with Gasteiger partial charge in [-0.1, -0.05) is 26.7 Å². The molecule has 18 heavy (non-hydrogen) atoms. The zero-order chi connectivity index (χ0) is 13.6. The number of hydrogen-bond donors (Lipinski definition) is 2. The highest BCUT2D eigenvalue weighted by molar-refractivity contribution is 5.83. The van der Waals surface area contributed by atoms with Gasteiger partial charge in [-0.05, 0) is 24.7 Å². The molecule has 0 saturated heterocycles. The molecule has 1 fully saturated rings. The van der Waals surface area contributed by atoms with Gasteiger partial charge in [0.2, 0.25) is 5.91 Å².